The van der Waals surface area contributed by atoms with Gasteiger partial charge in [-0.3, -0.25) is 4.79 Å². The molecular weight excluding hydrogens is 130 g/mol. The smallest absolute Gasteiger partial charge is 0.234 e. The quantitative estimate of drug-likeness (QED) is 0.327. The monoisotopic (exact) mass is 139 g/mol. The fourth-order valence-electron chi connectivity index (χ4n) is 0.465. The first-order valence-corrected chi connectivity index (χ1v) is 2.92. The molecule has 1 unspecified atom stereocenters. The van der Waals surface area contributed by atoms with Crippen molar-refractivity contribution in [2.75, 3.05) is 6.54 Å². The van der Waals surface area contributed by atoms with Crippen LogP contribution in [0.4, 0.5) is 0 Å². The summed E-state index contributed by atoms with van der Waals surface area (Å²) in [4.78, 5) is 23.6. The zero-order chi connectivity index (χ0) is 7.98. The van der Waals surface area contributed by atoms with Crippen LogP contribution in [-0.2, 0) is 9.59 Å². The van der Waals surface area contributed by atoms with E-state index in [1.165, 1.54) is 12.2 Å². The zero-order valence-electron chi connectivity index (χ0n) is 5.83. The van der Waals surface area contributed by atoms with Crippen LogP contribution in [0, 0.1) is 5.92 Å². The molecule has 0 saturated heterocycles. The van der Waals surface area contributed by atoms with Gasteiger partial charge in [0.05, 0.1) is 6.54 Å². The van der Waals surface area contributed by atoms with Gasteiger partial charge in [-0.25, -0.2) is 9.79 Å². The number of hydrogen-bond donors (Lipinski definition) is 0. The van der Waals surface area contributed by atoms with Gasteiger partial charge in [-0.05, 0) is 6.08 Å². The zero-order valence-corrected chi connectivity index (χ0v) is 5.83. The Balaban J connectivity index is 3.83. The van der Waals surface area contributed by atoms with Crippen molar-refractivity contribution in [3.63, 3.8) is 0 Å². The molecule has 54 valence electrons. The lowest BCUT2D eigenvalue weighted by atomic mass is 10.1. The molecule has 3 heteroatoms. The third kappa shape index (κ3) is 2.95. The van der Waals surface area contributed by atoms with E-state index in [4.69, 9.17) is 0 Å². The van der Waals surface area contributed by atoms with Gasteiger partial charge in [-0.1, -0.05) is 13.5 Å². The molecule has 0 aromatic rings. The van der Waals surface area contributed by atoms with Gasteiger partial charge >= 0.3 is 0 Å². The van der Waals surface area contributed by atoms with Crippen LogP contribution >= 0.6 is 0 Å². The summed E-state index contributed by atoms with van der Waals surface area (Å²) < 4.78 is 0. The average Bonchev–Trinajstić information content (AvgIpc) is 1.98. The van der Waals surface area contributed by atoms with Crippen LogP contribution in [0.25, 0.3) is 0 Å². The fourth-order valence-corrected chi connectivity index (χ4v) is 0.465. The molecule has 0 amide bonds. The van der Waals surface area contributed by atoms with Gasteiger partial charge < -0.3 is 0 Å². The molecule has 0 spiro atoms. The van der Waals surface area contributed by atoms with Crippen LogP contribution in [0.3, 0.4) is 0 Å². The average molecular weight is 139 g/mol. The Morgan fingerprint density at radius 3 is 2.90 bits per heavy atom. The van der Waals surface area contributed by atoms with E-state index >= 15 is 0 Å². The van der Waals surface area contributed by atoms with Gasteiger partial charge in [0.2, 0.25) is 6.08 Å². The van der Waals surface area contributed by atoms with Crippen molar-refractivity contribution in [2.24, 2.45) is 10.9 Å². The second kappa shape index (κ2) is 4.65. The first-order chi connectivity index (χ1) is 4.72. The Kier molecular flexibility index (Phi) is 4.09. The van der Waals surface area contributed by atoms with Crippen molar-refractivity contribution in [1.82, 2.24) is 0 Å². The summed E-state index contributed by atoms with van der Waals surface area (Å²) >= 11 is 0. The number of nitrogens with zero attached hydrogens (tertiary/aromatic N) is 1. The third-order valence-corrected chi connectivity index (χ3v) is 1.12. The predicted octanol–water partition coefficient (Wildman–Crippen LogP) is 0.713. The van der Waals surface area contributed by atoms with Crippen molar-refractivity contribution in [2.45, 2.75) is 6.92 Å². The van der Waals surface area contributed by atoms with Crippen molar-refractivity contribution in [3.05, 3.63) is 12.7 Å². The summed E-state index contributed by atoms with van der Waals surface area (Å²) in [6, 6.07) is 0. The number of isocyanates is 1. The number of aliphatic imine (C=N–C) groups is 1. The molecule has 0 aliphatic carbocycles. The molecule has 0 bridgehead atoms. The highest BCUT2D eigenvalue weighted by Gasteiger charge is 2.06. The van der Waals surface area contributed by atoms with Crippen molar-refractivity contribution >= 4 is 11.9 Å². The van der Waals surface area contributed by atoms with Gasteiger partial charge in [-0.2, -0.15) is 0 Å². The summed E-state index contributed by atoms with van der Waals surface area (Å²) in [6.45, 7) is 5.19. The second-order valence-corrected chi connectivity index (χ2v) is 1.94. The largest absolute Gasteiger partial charge is 0.295 e. The molecule has 10 heavy (non-hydrogen) atoms. The Bertz CT molecular complexity index is 180. The Labute approximate surface area is 59.5 Å². The highest BCUT2D eigenvalue weighted by atomic mass is 16.1. The van der Waals surface area contributed by atoms with Gasteiger partial charge in [0.15, 0.2) is 5.78 Å². The standard InChI is InChI=1S/C7H9NO2/c1-3-7(10)6(2)4-8-5-9/h3,6H,1,4H2,2H3. The molecule has 0 aliphatic heterocycles. The molecule has 1 atom stereocenters. The van der Waals surface area contributed by atoms with Gasteiger partial charge in [0.25, 0.3) is 0 Å². The molecule has 0 aromatic carbocycles. The summed E-state index contributed by atoms with van der Waals surface area (Å²) in [5.74, 6) is -0.349. The second-order valence-electron chi connectivity index (χ2n) is 1.94. The molecule has 0 fully saturated rings. The van der Waals surface area contributed by atoms with Crippen LogP contribution in [0.2, 0.25) is 0 Å². The molecule has 0 saturated carbocycles. The molecule has 0 aromatic heterocycles. The van der Waals surface area contributed by atoms with E-state index in [0.29, 0.717) is 0 Å². The maximum absolute atomic E-state index is 10.7. The Morgan fingerprint density at radius 2 is 2.50 bits per heavy atom. The summed E-state index contributed by atoms with van der Waals surface area (Å²) in [5.41, 5.74) is 0. The summed E-state index contributed by atoms with van der Waals surface area (Å²) in [6.07, 6.45) is 2.59. The number of rotatable bonds is 4. The summed E-state index contributed by atoms with van der Waals surface area (Å²) in [7, 11) is 0. The van der Waals surface area contributed by atoms with Crippen LogP contribution < -0.4 is 0 Å². The van der Waals surface area contributed by atoms with E-state index in [9.17, 15) is 9.59 Å². The van der Waals surface area contributed by atoms with Crippen molar-refractivity contribution < 1.29 is 9.59 Å². The number of carbonyl (C=O) groups excluding carboxylic acids is 2. The van der Waals surface area contributed by atoms with Gasteiger partial charge in [0, 0.05) is 5.92 Å². The van der Waals surface area contributed by atoms with Gasteiger partial charge in [0.1, 0.15) is 0 Å². The van der Waals surface area contributed by atoms with E-state index < -0.39 is 0 Å². The molecule has 0 radical (unpaired) electrons. The van der Waals surface area contributed by atoms with E-state index in [-0.39, 0.29) is 18.2 Å². The van der Waals surface area contributed by atoms with Gasteiger partial charge in [-0.15, -0.1) is 0 Å². The fraction of sp³-hybridized carbons (Fsp3) is 0.429. The maximum Gasteiger partial charge on any atom is 0.234 e. The molecule has 0 heterocycles. The molecule has 0 N–H and O–H groups in total. The topological polar surface area (TPSA) is 46.5 Å². The van der Waals surface area contributed by atoms with E-state index in [2.05, 4.69) is 11.6 Å². The molecule has 3 nitrogen and oxygen atoms in total. The van der Waals surface area contributed by atoms with Crippen molar-refractivity contribution in [1.29, 1.82) is 0 Å². The minimum Gasteiger partial charge on any atom is -0.295 e. The molecule has 0 aliphatic rings. The lowest BCUT2D eigenvalue weighted by Gasteiger charge is -1.99. The predicted molar refractivity (Wildman–Crippen MR) is 37.4 cm³/mol. The number of allylic oxidation sites excluding steroid dienone is 1. The Hall–Kier alpha value is -1.21. The number of carbonyl (C=O) groups is 1. The van der Waals surface area contributed by atoms with E-state index in [0.717, 1.165) is 0 Å². The maximum atomic E-state index is 10.7. The lowest BCUT2D eigenvalue weighted by molar-refractivity contribution is -0.117. The minimum absolute atomic E-state index is 0.0981. The van der Waals surface area contributed by atoms with Crippen LogP contribution in [0.15, 0.2) is 17.6 Å². The lowest BCUT2D eigenvalue weighted by Crippen LogP contribution is -2.10. The Morgan fingerprint density at radius 1 is 1.90 bits per heavy atom. The summed E-state index contributed by atoms with van der Waals surface area (Å²) in [5, 5.41) is 0. The van der Waals surface area contributed by atoms with Crippen LogP contribution in [0.1, 0.15) is 6.92 Å². The van der Waals surface area contributed by atoms with E-state index in [1.54, 1.807) is 6.92 Å². The first-order valence-electron chi connectivity index (χ1n) is 2.92. The SMILES string of the molecule is C=CC(=O)C(C)CN=C=O. The minimum atomic E-state index is -0.251. The molecule has 0 rings (SSSR count). The third-order valence-electron chi connectivity index (χ3n) is 1.12. The van der Waals surface area contributed by atoms with E-state index in [1.807, 2.05) is 0 Å². The highest BCUT2D eigenvalue weighted by Crippen LogP contribution is 1.96. The number of hydrogen-bond acceptors (Lipinski definition) is 3. The first kappa shape index (κ1) is 8.79. The highest BCUT2D eigenvalue weighted by molar-refractivity contribution is 5.91. The molecular formula is C7H9NO2. The normalized spacial score (nSPS) is 11.3. The van der Waals surface area contributed by atoms with Crippen LogP contribution in [-0.4, -0.2) is 18.4 Å². The van der Waals surface area contributed by atoms with Crippen molar-refractivity contribution in [3.8, 4) is 0 Å². The number of ketones is 1. The van der Waals surface area contributed by atoms with Crippen LogP contribution in [0.5, 0.6) is 0 Å².